The molecule has 31 heavy (non-hydrogen) atoms. The lowest BCUT2D eigenvalue weighted by Crippen LogP contribution is -2.26. The minimum Gasteiger partial charge on any atom is -0.491 e. The van der Waals surface area contributed by atoms with Crippen LogP contribution in [0.4, 0.5) is 0 Å². The quantitative estimate of drug-likeness (QED) is 0.536. The Balaban J connectivity index is 1.53. The molecule has 2 N–H and O–H groups in total. The number of rotatable bonds is 5. The second-order valence-electron chi connectivity index (χ2n) is 8.70. The standard InChI is InChI=1S/C24H28N6O/c1-15(2)31-21-8-6-18-5-7-20(26-23(18)16(21)3)24-28-27-22-9-4-17(13-30(22)24)12-29-11-10-19(25)14-29/h4-9,13,15,19H,10-12,14,25H2,1-3H3. The van der Waals surface area contributed by atoms with Crippen molar-refractivity contribution < 1.29 is 4.74 Å². The third-order valence-electron chi connectivity index (χ3n) is 5.84. The van der Waals surface area contributed by atoms with Gasteiger partial charge in [0, 0.05) is 42.8 Å². The molecule has 0 saturated carbocycles. The number of hydrogen-bond acceptors (Lipinski definition) is 6. The number of fused-ring (bicyclic) bond motifs is 2. The summed E-state index contributed by atoms with van der Waals surface area (Å²) in [6, 6.07) is 12.6. The second kappa shape index (κ2) is 7.90. The highest BCUT2D eigenvalue weighted by Gasteiger charge is 2.19. The van der Waals surface area contributed by atoms with Crippen LogP contribution in [0.15, 0.2) is 42.6 Å². The normalized spacial score (nSPS) is 17.3. The summed E-state index contributed by atoms with van der Waals surface area (Å²) in [5.41, 5.74) is 10.8. The van der Waals surface area contributed by atoms with Crippen LogP contribution in [0.1, 0.15) is 31.4 Å². The fourth-order valence-electron chi connectivity index (χ4n) is 4.29. The number of nitrogens with two attached hydrogens (primary N) is 1. The molecule has 4 aromatic rings. The Hall–Kier alpha value is -3.03. The highest BCUT2D eigenvalue weighted by Crippen LogP contribution is 2.29. The second-order valence-corrected chi connectivity index (χ2v) is 8.70. The van der Waals surface area contributed by atoms with Crippen molar-refractivity contribution in [3.8, 4) is 17.3 Å². The monoisotopic (exact) mass is 416 g/mol. The van der Waals surface area contributed by atoms with E-state index in [1.165, 1.54) is 5.56 Å². The average molecular weight is 417 g/mol. The lowest BCUT2D eigenvalue weighted by molar-refractivity contribution is 0.241. The molecular formula is C24H28N6O. The molecular weight excluding hydrogens is 388 g/mol. The summed E-state index contributed by atoms with van der Waals surface area (Å²) >= 11 is 0. The molecule has 1 aliphatic rings. The average Bonchev–Trinajstić information content (AvgIpc) is 3.35. The van der Waals surface area contributed by atoms with Crippen molar-refractivity contribution in [1.82, 2.24) is 24.5 Å². The molecule has 7 heteroatoms. The fraction of sp³-hybridized carbons (Fsp3) is 0.375. The zero-order chi connectivity index (χ0) is 21.5. The van der Waals surface area contributed by atoms with E-state index in [0.717, 1.165) is 65.4 Å². The van der Waals surface area contributed by atoms with Gasteiger partial charge in [-0.2, -0.15) is 0 Å². The minimum atomic E-state index is 0.114. The van der Waals surface area contributed by atoms with E-state index < -0.39 is 0 Å². The number of aromatic nitrogens is 4. The van der Waals surface area contributed by atoms with E-state index in [0.29, 0.717) is 0 Å². The predicted molar refractivity (Wildman–Crippen MR) is 122 cm³/mol. The summed E-state index contributed by atoms with van der Waals surface area (Å²) in [6.45, 7) is 8.98. The smallest absolute Gasteiger partial charge is 0.187 e. The third kappa shape index (κ3) is 3.86. The van der Waals surface area contributed by atoms with Crippen LogP contribution in [0.3, 0.4) is 0 Å². The maximum atomic E-state index is 6.06. The van der Waals surface area contributed by atoms with Gasteiger partial charge in [0.05, 0.1) is 11.6 Å². The van der Waals surface area contributed by atoms with Gasteiger partial charge in [-0.05, 0) is 57.0 Å². The van der Waals surface area contributed by atoms with Crippen LogP contribution >= 0.6 is 0 Å². The lowest BCUT2D eigenvalue weighted by atomic mass is 10.1. The van der Waals surface area contributed by atoms with Crippen LogP contribution in [0.25, 0.3) is 28.1 Å². The summed E-state index contributed by atoms with van der Waals surface area (Å²) in [7, 11) is 0. The Labute approximate surface area is 181 Å². The summed E-state index contributed by atoms with van der Waals surface area (Å²) in [6.07, 6.45) is 3.29. The third-order valence-corrected chi connectivity index (χ3v) is 5.84. The van der Waals surface area contributed by atoms with Gasteiger partial charge < -0.3 is 10.5 Å². The first kappa shape index (κ1) is 19.9. The van der Waals surface area contributed by atoms with Crippen molar-refractivity contribution in [1.29, 1.82) is 0 Å². The van der Waals surface area contributed by atoms with Crippen molar-refractivity contribution in [2.24, 2.45) is 5.73 Å². The highest BCUT2D eigenvalue weighted by atomic mass is 16.5. The van der Waals surface area contributed by atoms with Crippen LogP contribution in [0.2, 0.25) is 0 Å². The molecule has 160 valence electrons. The molecule has 1 saturated heterocycles. The molecule has 0 amide bonds. The Bertz CT molecular complexity index is 1250. The summed E-state index contributed by atoms with van der Waals surface area (Å²) in [5, 5.41) is 9.88. The maximum Gasteiger partial charge on any atom is 0.187 e. The molecule has 0 bridgehead atoms. The number of likely N-dealkylation sites (tertiary alicyclic amines) is 1. The maximum absolute atomic E-state index is 6.06. The van der Waals surface area contributed by atoms with Crippen molar-refractivity contribution in [2.45, 2.75) is 45.9 Å². The molecule has 0 spiro atoms. The van der Waals surface area contributed by atoms with Gasteiger partial charge in [0.15, 0.2) is 11.5 Å². The van der Waals surface area contributed by atoms with Crippen LogP contribution in [-0.2, 0) is 6.54 Å². The van der Waals surface area contributed by atoms with E-state index in [1.807, 2.05) is 36.4 Å². The SMILES string of the molecule is Cc1c(OC(C)C)ccc2ccc(-c3nnc4ccc(CN5CCC(N)C5)cn34)nc12. The number of nitrogens with zero attached hydrogens (tertiary/aromatic N) is 5. The van der Waals surface area contributed by atoms with Crippen molar-refractivity contribution >= 4 is 16.6 Å². The van der Waals surface area contributed by atoms with Crippen LogP contribution in [0, 0.1) is 6.92 Å². The van der Waals surface area contributed by atoms with E-state index >= 15 is 0 Å². The molecule has 1 fully saturated rings. The summed E-state index contributed by atoms with van der Waals surface area (Å²) < 4.78 is 7.98. The summed E-state index contributed by atoms with van der Waals surface area (Å²) in [4.78, 5) is 7.34. The number of pyridine rings is 2. The molecule has 7 nitrogen and oxygen atoms in total. The van der Waals surface area contributed by atoms with Crippen molar-refractivity contribution in [3.63, 3.8) is 0 Å². The lowest BCUT2D eigenvalue weighted by Gasteiger charge is -2.15. The van der Waals surface area contributed by atoms with E-state index in [9.17, 15) is 0 Å². The molecule has 5 rings (SSSR count). The molecule has 1 aliphatic heterocycles. The van der Waals surface area contributed by atoms with Gasteiger partial charge in [0.25, 0.3) is 0 Å². The van der Waals surface area contributed by atoms with Gasteiger partial charge in [0.2, 0.25) is 0 Å². The van der Waals surface area contributed by atoms with E-state index in [4.69, 9.17) is 15.5 Å². The van der Waals surface area contributed by atoms with Crippen LogP contribution in [-0.4, -0.2) is 49.7 Å². The Morgan fingerprint density at radius 1 is 1.13 bits per heavy atom. The molecule has 0 aliphatic carbocycles. The first-order valence-electron chi connectivity index (χ1n) is 10.9. The first-order chi connectivity index (χ1) is 15.0. The molecule has 1 atom stereocenters. The molecule has 1 aromatic carbocycles. The van der Waals surface area contributed by atoms with Gasteiger partial charge in [-0.25, -0.2) is 4.98 Å². The van der Waals surface area contributed by atoms with Crippen LogP contribution in [0.5, 0.6) is 5.75 Å². The van der Waals surface area contributed by atoms with Gasteiger partial charge >= 0.3 is 0 Å². The van der Waals surface area contributed by atoms with E-state index in [1.54, 1.807) is 0 Å². The minimum absolute atomic E-state index is 0.114. The molecule has 1 unspecified atom stereocenters. The number of ether oxygens (including phenoxy) is 1. The largest absolute Gasteiger partial charge is 0.491 e. The van der Waals surface area contributed by atoms with E-state index in [2.05, 4.69) is 46.4 Å². The number of hydrogen-bond donors (Lipinski definition) is 1. The van der Waals surface area contributed by atoms with Crippen molar-refractivity contribution in [3.05, 3.63) is 53.7 Å². The van der Waals surface area contributed by atoms with Crippen LogP contribution < -0.4 is 10.5 Å². The van der Waals surface area contributed by atoms with Crippen molar-refractivity contribution in [2.75, 3.05) is 13.1 Å². The Morgan fingerprint density at radius 3 is 2.74 bits per heavy atom. The highest BCUT2D eigenvalue weighted by molar-refractivity contribution is 5.85. The molecule has 3 aromatic heterocycles. The predicted octanol–water partition coefficient (Wildman–Crippen LogP) is 3.57. The molecule has 0 radical (unpaired) electrons. The molecule has 4 heterocycles. The first-order valence-corrected chi connectivity index (χ1v) is 10.9. The Morgan fingerprint density at radius 2 is 1.97 bits per heavy atom. The fourth-order valence-corrected chi connectivity index (χ4v) is 4.29. The summed E-state index contributed by atoms with van der Waals surface area (Å²) in [5.74, 6) is 1.61. The zero-order valence-corrected chi connectivity index (χ0v) is 18.2. The van der Waals surface area contributed by atoms with Gasteiger partial charge in [-0.15, -0.1) is 10.2 Å². The number of benzene rings is 1. The topological polar surface area (TPSA) is 81.6 Å². The number of aryl methyl sites for hydroxylation is 1. The van der Waals surface area contributed by atoms with Gasteiger partial charge in [-0.3, -0.25) is 9.30 Å². The van der Waals surface area contributed by atoms with E-state index in [-0.39, 0.29) is 12.1 Å². The van der Waals surface area contributed by atoms with Gasteiger partial charge in [0.1, 0.15) is 11.4 Å². The van der Waals surface area contributed by atoms with Gasteiger partial charge in [-0.1, -0.05) is 12.1 Å². The Kier molecular flexibility index (Phi) is 5.08. The zero-order valence-electron chi connectivity index (χ0n) is 18.2.